The third-order valence-corrected chi connectivity index (χ3v) is 13.3. The number of benzene rings is 1. The van der Waals surface area contributed by atoms with Gasteiger partial charge in [0.2, 0.25) is 29.5 Å². The molecule has 22 nitrogen and oxygen atoms in total. The molecule has 4 fully saturated rings. The van der Waals surface area contributed by atoms with E-state index in [1.165, 1.54) is 14.7 Å². The van der Waals surface area contributed by atoms with Crippen LogP contribution in [0.4, 0.5) is 16.2 Å². The first kappa shape index (κ1) is 48.2. The van der Waals surface area contributed by atoms with Gasteiger partial charge in [-0.15, -0.1) is 0 Å². The molecule has 3 atom stereocenters. The van der Waals surface area contributed by atoms with Crippen molar-refractivity contribution >= 4 is 99.7 Å². The number of thioether (sulfide) groups is 1. The number of urea groups is 1. The Balaban J connectivity index is 0.784. The van der Waals surface area contributed by atoms with Crippen LogP contribution in [0.5, 0.6) is 0 Å². The number of amides is 11. The average molecular weight is 939 g/mol. The van der Waals surface area contributed by atoms with Crippen LogP contribution in [0.25, 0.3) is 0 Å². The Labute approximate surface area is 384 Å². The lowest BCUT2D eigenvalue weighted by Crippen LogP contribution is -2.58. The first-order chi connectivity index (χ1) is 31.2. The largest absolute Gasteiger partial charge is 0.353 e. The summed E-state index contributed by atoms with van der Waals surface area (Å²) in [5, 5.41) is 20.2. The number of nitrogens with zero attached hydrogens (tertiary/aromatic N) is 5. The van der Waals surface area contributed by atoms with Crippen molar-refractivity contribution in [2.75, 3.05) is 94.9 Å². The molecule has 11 amide bonds. The Morgan fingerprint density at radius 2 is 1.14 bits per heavy atom. The minimum Gasteiger partial charge on any atom is -0.353 e. The van der Waals surface area contributed by atoms with Gasteiger partial charge in [-0.05, 0) is 55.7 Å². The predicted octanol–water partition coefficient (Wildman–Crippen LogP) is -2.08. The highest BCUT2D eigenvalue weighted by Crippen LogP contribution is 2.33. The maximum atomic E-state index is 13.1. The minimum atomic E-state index is -0.701. The summed E-state index contributed by atoms with van der Waals surface area (Å²) in [6.45, 7) is 0.635. The smallest absolute Gasteiger partial charge is 0.315 e. The number of nitrogens with one attached hydrogen (secondary N) is 7. The van der Waals surface area contributed by atoms with E-state index in [-0.39, 0.29) is 126 Å². The van der Waals surface area contributed by atoms with Crippen molar-refractivity contribution in [1.82, 2.24) is 51.1 Å². The number of carbonyl (C=O) groups is 10. The van der Waals surface area contributed by atoms with Crippen LogP contribution in [0.3, 0.4) is 0 Å². The van der Waals surface area contributed by atoms with Gasteiger partial charge in [-0.2, -0.15) is 11.8 Å². The summed E-state index contributed by atoms with van der Waals surface area (Å²) in [7, 11) is 0. The molecule has 350 valence electrons. The highest BCUT2D eigenvalue weighted by molar-refractivity contribution is 8.00. The molecule has 4 saturated heterocycles. The van der Waals surface area contributed by atoms with E-state index < -0.39 is 41.4 Å². The lowest BCUT2D eigenvalue weighted by Gasteiger charge is -2.37. The predicted molar refractivity (Wildman–Crippen MR) is 241 cm³/mol. The highest BCUT2D eigenvalue weighted by atomic mass is 32.2. The van der Waals surface area contributed by atoms with Crippen molar-refractivity contribution in [3.05, 3.63) is 36.4 Å². The number of anilines is 2. The van der Waals surface area contributed by atoms with Gasteiger partial charge in [0.05, 0.1) is 31.7 Å². The van der Waals surface area contributed by atoms with Gasteiger partial charge in [-0.3, -0.25) is 48.1 Å². The van der Waals surface area contributed by atoms with E-state index in [2.05, 4.69) is 37.2 Å². The second-order valence-electron chi connectivity index (χ2n) is 16.0. The minimum absolute atomic E-state index is 0.00657. The molecular weight excluding hydrogens is 885 g/mol. The molecule has 5 heterocycles. The summed E-state index contributed by atoms with van der Waals surface area (Å²) >= 11 is 7.23. The molecule has 0 saturated carbocycles. The van der Waals surface area contributed by atoms with E-state index >= 15 is 0 Å². The summed E-state index contributed by atoms with van der Waals surface area (Å²) in [5.74, 6) is -3.11. The number of hydrogen-bond acceptors (Lipinski definition) is 12. The first-order valence-corrected chi connectivity index (χ1v) is 23.0. The van der Waals surface area contributed by atoms with Crippen LogP contribution in [0, 0.1) is 0 Å². The molecule has 0 bridgehead atoms. The van der Waals surface area contributed by atoms with Crippen LogP contribution in [-0.2, 0) is 43.2 Å². The van der Waals surface area contributed by atoms with Crippen LogP contribution >= 0.6 is 24.0 Å². The number of imide groups is 1. The normalized spacial score (nSPS) is 20.2. The number of piperazine rings is 2. The summed E-state index contributed by atoms with van der Waals surface area (Å²) in [5.41, 5.74) is 1.30. The molecule has 0 radical (unpaired) electrons. The third kappa shape index (κ3) is 13.8. The molecule has 24 heteroatoms. The van der Waals surface area contributed by atoms with Crippen molar-refractivity contribution in [2.45, 2.75) is 55.9 Å². The molecule has 6 rings (SSSR count). The fourth-order valence-electron chi connectivity index (χ4n) is 7.83. The van der Waals surface area contributed by atoms with Crippen molar-refractivity contribution in [1.29, 1.82) is 0 Å². The van der Waals surface area contributed by atoms with Gasteiger partial charge in [0.1, 0.15) is 0 Å². The molecule has 0 aliphatic carbocycles. The number of unbranched alkanes of at least 4 members (excludes halogenated alkanes) is 1. The molecule has 5 aliphatic heterocycles. The lowest BCUT2D eigenvalue weighted by molar-refractivity contribution is -0.155. The quantitative estimate of drug-likeness (QED) is 0.0291. The molecule has 0 unspecified atom stereocenters. The standard InChI is InChI=1S/C41H54N12O10S2/c54-30(6-3-13-53-33(57)11-12-34(53)58)42-22-32(56)43-23-35(59)49-14-18-51(19-15-49)38(61)39(62)52-20-16-50(17-21-52)36(60)24-44-41(64)46-27-9-7-26(8-10-27)45-31(55)5-2-1-4-29-37-28(25-65-29)47-40(63)48-37/h7-12,28-29,37H,1-6,13-25H2,(H,42,54)(H,43,56)(H,45,55)(H2,44,46,64)(H2,47,48,63)/t28-,29-,37-/m0/s1. The van der Waals surface area contributed by atoms with E-state index in [1.54, 1.807) is 29.2 Å². The molecule has 0 spiro atoms. The number of thiocarbonyl (C=S) groups is 1. The van der Waals surface area contributed by atoms with E-state index in [1.807, 2.05) is 11.8 Å². The van der Waals surface area contributed by atoms with E-state index in [9.17, 15) is 47.9 Å². The Hall–Kier alpha value is -6.30. The van der Waals surface area contributed by atoms with Gasteiger partial charge >= 0.3 is 17.8 Å². The monoisotopic (exact) mass is 938 g/mol. The van der Waals surface area contributed by atoms with E-state index in [0.717, 1.165) is 42.1 Å². The maximum absolute atomic E-state index is 13.1. The van der Waals surface area contributed by atoms with Crippen LogP contribution < -0.4 is 37.2 Å². The van der Waals surface area contributed by atoms with Gasteiger partial charge < -0.3 is 56.8 Å². The second kappa shape index (κ2) is 23.1. The van der Waals surface area contributed by atoms with Crippen molar-refractivity contribution in [2.24, 2.45) is 0 Å². The lowest BCUT2D eigenvalue weighted by atomic mass is 10.0. The Morgan fingerprint density at radius 1 is 0.615 bits per heavy atom. The van der Waals surface area contributed by atoms with E-state index in [0.29, 0.717) is 23.0 Å². The Kier molecular flexibility index (Phi) is 17.1. The van der Waals surface area contributed by atoms with Crippen LogP contribution in [0.15, 0.2) is 36.4 Å². The van der Waals surface area contributed by atoms with E-state index in [4.69, 9.17) is 12.2 Å². The van der Waals surface area contributed by atoms with Crippen LogP contribution in [0.1, 0.15) is 38.5 Å². The SMILES string of the molecule is O=C(CCCN1C(=O)C=CC1=O)NCC(=O)NCC(=O)N1CCN(C(=O)C(=O)N2CCN(C(=O)CNC(=S)Nc3ccc(NC(=O)CCCC[C@@H]4SC[C@@H]5NC(=O)N[C@@H]54)cc3)CC2)CC1. The summed E-state index contributed by atoms with van der Waals surface area (Å²) in [4.78, 5) is 130. The molecule has 7 N–H and O–H groups in total. The molecule has 1 aromatic carbocycles. The number of rotatable bonds is 17. The highest BCUT2D eigenvalue weighted by Gasteiger charge is 2.42. The molecule has 0 aromatic heterocycles. The van der Waals surface area contributed by atoms with Gasteiger partial charge in [0.25, 0.3) is 11.8 Å². The zero-order valence-corrected chi connectivity index (χ0v) is 37.4. The molecule has 5 aliphatic rings. The van der Waals surface area contributed by atoms with Gasteiger partial charge in [0, 0.05) is 106 Å². The topological polar surface area (TPSA) is 271 Å². The first-order valence-electron chi connectivity index (χ1n) is 21.6. The maximum Gasteiger partial charge on any atom is 0.315 e. The summed E-state index contributed by atoms with van der Waals surface area (Å²) in [6.07, 6.45) is 5.51. The third-order valence-electron chi connectivity index (χ3n) is 11.5. The van der Waals surface area contributed by atoms with Gasteiger partial charge in [0.15, 0.2) is 5.11 Å². The fraction of sp³-hybridized carbons (Fsp3) is 0.537. The number of carbonyl (C=O) groups excluding carboxylic acids is 10. The zero-order valence-electron chi connectivity index (χ0n) is 35.8. The average Bonchev–Trinajstić information content (AvgIpc) is 3.97. The van der Waals surface area contributed by atoms with Crippen molar-refractivity contribution in [3.8, 4) is 0 Å². The van der Waals surface area contributed by atoms with Crippen molar-refractivity contribution < 1.29 is 47.9 Å². The molecule has 65 heavy (non-hydrogen) atoms. The van der Waals surface area contributed by atoms with Crippen LogP contribution in [0.2, 0.25) is 0 Å². The summed E-state index contributed by atoms with van der Waals surface area (Å²) < 4.78 is 0. The number of hydrogen-bond donors (Lipinski definition) is 7. The molecular formula is C41H54N12O10S2. The zero-order chi connectivity index (χ0) is 46.5. The summed E-state index contributed by atoms with van der Waals surface area (Å²) in [6, 6.07) is 7.26. The Morgan fingerprint density at radius 3 is 1.74 bits per heavy atom. The van der Waals surface area contributed by atoms with Gasteiger partial charge in [-0.25, -0.2) is 4.79 Å². The van der Waals surface area contributed by atoms with Crippen LogP contribution in [-0.4, -0.2) is 190 Å². The number of fused-ring (bicyclic) bond motifs is 1. The second-order valence-corrected chi connectivity index (χ2v) is 17.6. The fourth-order valence-corrected chi connectivity index (χ4v) is 9.56. The van der Waals surface area contributed by atoms with Gasteiger partial charge in [-0.1, -0.05) is 6.42 Å². The Bertz CT molecular complexity index is 2040. The van der Waals surface area contributed by atoms with Crippen molar-refractivity contribution in [3.63, 3.8) is 0 Å². The molecule has 1 aromatic rings.